The number of hydrogen-bond donors (Lipinski definition) is 2. The van der Waals surface area contributed by atoms with Crippen LogP contribution in [0.5, 0.6) is 0 Å². The number of carbonyl (C=O) groups is 1. The number of carboxylic acids is 1. The maximum absolute atomic E-state index is 10.9. The van der Waals surface area contributed by atoms with Crippen LogP contribution in [0, 0.1) is 0 Å². The van der Waals surface area contributed by atoms with E-state index in [1.165, 1.54) is 0 Å². The van der Waals surface area contributed by atoms with E-state index in [1.54, 1.807) is 6.92 Å². The molecule has 1 fully saturated rings. The third-order valence-electron chi connectivity index (χ3n) is 3.53. The van der Waals surface area contributed by atoms with Crippen LogP contribution < -0.4 is 0 Å². The van der Waals surface area contributed by atoms with Crippen molar-refractivity contribution in [2.24, 2.45) is 0 Å². The smallest absolute Gasteiger partial charge is 0.310 e. The first-order valence-electron chi connectivity index (χ1n) is 5.53. The summed E-state index contributed by atoms with van der Waals surface area (Å²) in [6.45, 7) is 1.83. The summed E-state index contributed by atoms with van der Waals surface area (Å²) in [4.78, 5) is 10.9. The summed E-state index contributed by atoms with van der Waals surface area (Å²) >= 11 is 0. The molecule has 0 amide bonds. The Labute approximate surface area is 94.7 Å². The summed E-state index contributed by atoms with van der Waals surface area (Å²) in [6, 6.07) is 7.60. The Morgan fingerprint density at radius 2 is 2.19 bits per heavy atom. The Kier molecular flexibility index (Phi) is 2.72. The van der Waals surface area contributed by atoms with Gasteiger partial charge < -0.3 is 10.2 Å². The molecule has 1 aliphatic carbocycles. The SMILES string of the molecule is CC(C(=O)O)c1cccc(C2(CO)CC2)c1. The molecule has 0 aliphatic heterocycles. The lowest BCUT2D eigenvalue weighted by Crippen LogP contribution is -2.13. The van der Waals surface area contributed by atoms with Crippen LogP contribution in [0.15, 0.2) is 24.3 Å². The number of benzene rings is 1. The predicted octanol–water partition coefficient (Wildman–Crippen LogP) is 1.90. The minimum Gasteiger partial charge on any atom is -0.481 e. The van der Waals surface area contributed by atoms with E-state index >= 15 is 0 Å². The largest absolute Gasteiger partial charge is 0.481 e. The Bertz CT molecular complexity index is 407. The average molecular weight is 220 g/mol. The molecule has 86 valence electrons. The highest BCUT2D eigenvalue weighted by Gasteiger charge is 2.43. The normalized spacial score (nSPS) is 19.1. The fourth-order valence-electron chi connectivity index (χ4n) is 1.97. The molecule has 3 nitrogen and oxygen atoms in total. The van der Waals surface area contributed by atoms with Gasteiger partial charge in [0.25, 0.3) is 0 Å². The molecule has 0 aromatic heterocycles. The van der Waals surface area contributed by atoms with Crippen molar-refractivity contribution in [1.29, 1.82) is 0 Å². The zero-order valence-electron chi connectivity index (χ0n) is 9.31. The van der Waals surface area contributed by atoms with Crippen molar-refractivity contribution < 1.29 is 15.0 Å². The van der Waals surface area contributed by atoms with Gasteiger partial charge in [0.05, 0.1) is 12.5 Å². The second kappa shape index (κ2) is 3.91. The van der Waals surface area contributed by atoms with Crippen molar-refractivity contribution >= 4 is 5.97 Å². The lowest BCUT2D eigenvalue weighted by atomic mass is 9.92. The standard InChI is InChI=1S/C13H16O3/c1-9(12(15)16)10-3-2-4-11(7-10)13(8-14)5-6-13/h2-4,7,9,14H,5-6,8H2,1H3,(H,15,16). The van der Waals surface area contributed by atoms with Gasteiger partial charge in [-0.15, -0.1) is 0 Å². The van der Waals surface area contributed by atoms with Crippen LogP contribution in [0.4, 0.5) is 0 Å². The summed E-state index contributed by atoms with van der Waals surface area (Å²) in [6.07, 6.45) is 1.99. The van der Waals surface area contributed by atoms with E-state index in [9.17, 15) is 9.90 Å². The second-order valence-corrected chi connectivity index (χ2v) is 4.62. The Balaban J connectivity index is 2.30. The molecular weight excluding hydrogens is 204 g/mol. The zero-order valence-corrected chi connectivity index (χ0v) is 9.31. The quantitative estimate of drug-likeness (QED) is 0.814. The zero-order chi connectivity index (χ0) is 11.8. The fraction of sp³-hybridized carbons (Fsp3) is 0.462. The number of carboxylic acid groups (broad SMARTS) is 1. The number of rotatable bonds is 4. The third kappa shape index (κ3) is 1.83. The van der Waals surface area contributed by atoms with Crippen molar-refractivity contribution in [3.63, 3.8) is 0 Å². The van der Waals surface area contributed by atoms with E-state index in [0.717, 1.165) is 24.0 Å². The summed E-state index contributed by atoms with van der Waals surface area (Å²) in [7, 11) is 0. The highest BCUT2D eigenvalue weighted by atomic mass is 16.4. The molecule has 1 saturated carbocycles. The van der Waals surface area contributed by atoms with Crippen LogP contribution >= 0.6 is 0 Å². The third-order valence-corrected chi connectivity index (χ3v) is 3.53. The van der Waals surface area contributed by atoms with Crippen molar-refractivity contribution in [3.8, 4) is 0 Å². The minimum absolute atomic E-state index is 0.0891. The van der Waals surface area contributed by atoms with Gasteiger partial charge in [0.1, 0.15) is 0 Å². The molecule has 1 aromatic rings. The fourth-order valence-corrected chi connectivity index (χ4v) is 1.97. The molecule has 0 radical (unpaired) electrons. The molecular formula is C13H16O3. The molecule has 1 aliphatic rings. The van der Waals surface area contributed by atoms with E-state index in [4.69, 9.17) is 5.11 Å². The van der Waals surface area contributed by atoms with Gasteiger partial charge in [-0.1, -0.05) is 24.3 Å². The maximum atomic E-state index is 10.9. The molecule has 2 N–H and O–H groups in total. The van der Waals surface area contributed by atoms with E-state index in [2.05, 4.69) is 0 Å². The molecule has 0 bridgehead atoms. The first-order valence-corrected chi connectivity index (χ1v) is 5.53. The minimum atomic E-state index is -0.814. The molecule has 2 rings (SSSR count). The van der Waals surface area contributed by atoms with Crippen LogP contribution in [0.1, 0.15) is 36.8 Å². The van der Waals surface area contributed by atoms with Crippen molar-refractivity contribution in [2.75, 3.05) is 6.61 Å². The topological polar surface area (TPSA) is 57.5 Å². The molecule has 3 heteroatoms. The van der Waals surface area contributed by atoms with E-state index in [1.807, 2.05) is 24.3 Å². The summed E-state index contributed by atoms with van der Waals surface area (Å²) in [5, 5.41) is 18.3. The molecule has 0 spiro atoms. The van der Waals surface area contributed by atoms with Crippen LogP contribution in [-0.2, 0) is 10.2 Å². The van der Waals surface area contributed by atoms with Gasteiger partial charge in [-0.2, -0.15) is 0 Å². The van der Waals surface area contributed by atoms with E-state index < -0.39 is 11.9 Å². The van der Waals surface area contributed by atoms with E-state index in [0.29, 0.717) is 0 Å². The van der Waals surface area contributed by atoms with Gasteiger partial charge in [-0.25, -0.2) is 0 Å². The van der Waals surface area contributed by atoms with E-state index in [-0.39, 0.29) is 12.0 Å². The highest BCUT2D eigenvalue weighted by molar-refractivity contribution is 5.75. The van der Waals surface area contributed by atoms with Crippen LogP contribution in [-0.4, -0.2) is 22.8 Å². The van der Waals surface area contributed by atoms with Gasteiger partial charge >= 0.3 is 5.97 Å². The van der Waals surface area contributed by atoms with Gasteiger partial charge in [-0.05, 0) is 30.9 Å². The van der Waals surface area contributed by atoms with Crippen LogP contribution in [0.25, 0.3) is 0 Å². The second-order valence-electron chi connectivity index (χ2n) is 4.62. The first-order chi connectivity index (χ1) is 7.59. The molecule has 1 atom stereocenters. The lowest BCUT2D eigenvalue weighted by Gasteiger charge is -2.15. The monoisotopic (exact) mass is 220 g/mol. The van der Waals surface area contributed by atoms with Crippen LogP contribution in [0.2, 0.25) is 0 Å². The molecule has 0 saturated heterocycles. The van der Waals surface area contributed by atoms with Gasteiger partial charge in [0, 0.05) is 5.41 Å². The van der Waals surface area contributed by atoms with Gasteiger partial charge in [0.15, 0.2) is 0 Å². The highest BCUT2D eigenvalue weighted by Crippen LogP contribution is 2.48. The first kappa shape index (κ1) is 11.1. The summed E-state index contributed by atoms with van der Waals surface area (Å²) in [5.41, 5.74) is 1.79. The molecule has 0 heterocycles. The molecule has 1 aromatic carbocycles. The number of aliphatic hydroxyl groups is 1. The number of aliphatic hydroxyl groups excluding tert-OH is 1. The molecule has 1 unspecified atom stereocenters. The lowest BCUT2D eigenvalue weighted by molar-refractivity contribution is -0.138. The number of aliphatic carboxylic acids is 1. The Hall–Kier alpha value is -1.35. The number of hydrogen-bond acceptors (Lipinski definition) is 2. The average Bonchev–Trinajstić information content (AvgIpc) is 3.09. The van der Waals surface area contributed by atoms with Gasteiger partial charge in [-0.3, -0.25) is 4.79 Å². The maximum Gasteiger partial charge on any atom is 0.310 e. The van der Waals surface area contributed by atoms with Crippen LogP contribution in [0.3, 0.4) is 0 Å². The van der Waals surface area contributed by atoms with Crippen molar-refractivity contribution in [1.82, 2.24) is 0 Å². The summed E-state index contributed by atoms with van der Waals surface area (Å²) < 4.78 is 0. The Morgan fingerprint density at radius 3 is 2.69 bits per heavy atom. The van der Waals surface area contributed by atoms with Crippen molar-refractivity contribution in [2.45, 2.75) is 31.1 Å². The van der Waals surface area contributed by atoms with Crippen molar-refractivity contribution in [3.05, 3.63) is 35.4 Å². The summed E-state index contributed by atoms with van der Waals surface area (Å²) in [5.74, 6) is -1.31. The van der Waals surface area contributed by atoms with Gasteiger partial charge in [0.2, 0.25) is 0 Å². The Morgan fingerprint density at radius 1 is 1.50 bits per heavy atom. The molecule has 16 heavy (non-hydrogen) atoms. The predicted molar refractivity (Wildman–Crippen MR) is 60.5 cm³/mol.